The van der Waals surface area contributed by atoms with Crippen LogP contribution < -0.4 is 10.9 Å². The molecule has 9 nitrogen and oxygen atoms in total. The van der Waals surface area contributed by atoms with E-state index in [4.69, 9.17) is 16.4 Å². The number of carbonyl (C=O) groups excluding carboxylic acids is 2. The molecule has 0 saturated carbocycles. The summed E-state index contributed by atoms with van der Waals surface area (Å²) in [7, 11) is 0. The van der Waals surface area contributed by atoms with Crippen LogP contribution in [0.25, 0.3) is 6.08 Å². The van der Waals surface area contributed by atoms with E-state index in [-0.39, 0.29) is 24.6 Å². The third kappa shape index (κ3) is 7.23. The molecule has 1 heterocycles. The Balaban J connectivity index is 1.61. The van der Waals surface area contributed by atoms with Crippen molar-refractivity contribution in [1.82, 2.24) is 20.8 Å². The van der Waals surface area contributed by atoms with Gasteiger partial charge in [-0.25, -0.2) is 20.1 Å². The molecule has 0 aromatic heterocycles. The summed E-state index contributed by atoms with van der Waals surface area (Å²) < 4.78 is 13.7. The Morgan fingerprint density at radius 1 is 1.26 bits per heavy atom. The van der Waals surface area contributed by atoms with Gasteiger partial charge in [0, 0.05) is 19.7 Å². The minimum Gasteiger partial charge on any atom is -0.394 e. The third-order valence-electron chi connectivity index (χ3n) is 5.46. The maximum Gasteiger partial charge on any atom is 0.345 e. The van der Waals surface area contributed by atoms with Crippen LogP contribution in [-0.2, 0) is 22.7 Å². The summed E-state index contributed by atoms with van der Waals surface area (Å²) in [5, 5.41) is 20.4. The molecule has 1 aliphatic rings. The van der Waals surface area contributed by atoms with E-state index in [9.17, 15) is 24.2 Å². The molecular weight excluding hydrogens is 479 g/mol. The number of amides is 3. The summed E-state index contributed by atoms with van der Waals surface area (Å²) in [6.45, 7) is 0.964. The highest BCUT2D eigenvalue weighted by Gasteiger charge is 2.26. The highest BCUT2D eigenvalue weighted by Crippen LogP contribution is 2.21. The lowest BCUT2D eigenvalue weighted by Crippen LogP contribution is -2.52. The normalized spacial score (nSPS) is 14.3. The smallest absolute Gasteiger partial charge is 0.345 e. The first-order valence-corrected chi connectivity index (χ1v) is 11.4. The van der Waals surface area contributed by atoms with E-state index in [2.05, 4.69) is 10.9 Å². The van der Waals surface area contributed by atoms with Gasteiger partial charge in [-0.3, -0.25) is 19.5 Å². The third-order valence-corrected chi connectivity index (χ3v) is 5.88. The molecule has 0 unspecified atom stereocenters. The van der Waals surface area contributed by atoms with Gasteiger partial charge in [0.05, 0.1) is 36.9 Å². The number of carbonyl (C=O) groups is 2. The Kier molecular flexibility index (Phi) is 9.58. The summed E-state index contributed by atoms with van der Waals surface area (Å²) in [5.41, 5.74) is 7.65. The first kappa shape index (κ1) is 26.6. The van der Waals surface area contributed by atoms with E-state index in [1.54, 1.807) is 12.3 Å². The van der Waals surface area contributed by atoms with Crippen molar-refractivity contribution >= 4 is 29.6 Å². The number of benzene rings is 2. The molecule has 1 aliphatic heterocycles. The summed E-state index contributed by atoms with van der Waals surface area (Å²) >= 11 is 5.99. The minimum atomic E-state index is -1.14. The number of fused-ring (bicyclic) bond motifs is 1. The molecule has 2 aromatic rings. The molecule has 0 saturated heterocycles. The average Bonchev–Trinajstić information content (AvgIpc) is 2.85. The standard InChI is InChI=1S/C24H28ClFN4O5/c1-16(32)30(27-12-18-7-4-8-22(26)23(18)25)20(11-21(33)14-31)15-35-28-24(34)29-10-9-17-5-2-3-6-19(17)13-29/h2-10,20-21,27,31,33H,11-15H2,1H3,(H,28,34)/t20-,21+/m0/s1. The SMILES string of the molecule is CC(=O)N(NCc1cccc(F)c1Cl)[C@H](CONC(=O)N1C=Cc2ccccc2C1)C[C@@H](O)CO. The Hall–Kier alpha value is -3.02. The molecule has 4 N–H and O–H groups in total. The fraction of sp³-hybridized carbons (Fsp3) is 0.333. The molecule has 0 radical (unpaired) electrons. The Morgan fingerprint density at radius 3 is 2.77 bits per heavy atom. The van der Waals surface area contributed by atoms with Gasteiger partial charge in [0.2, 0.25) is 5.91 Å². The highest BCUT2D eigenvalue weighted by atomic mass is 35.5. The number of nitrogens with zero attached hydrogens (tertiary/aromatic N) is 2. The predicted octanol–water partition coefficient (Wildman–Crippen LogP) is 2.57. The summed E-state index contributed by atoms with van der Waals surface area (Å²) in [4.78, 5) is 31.7. The van der Waals surface area contributed by atoms with Gasteiger partial charge in [-0.1, -0.05) is 48.0 Å². The number of nitrogens with one attached hydrogen (secondary N) is 2. The topological polar surface area (TPSA) is 114 Å². The molecule has 2 atom stereocenters. The monoisotopic (exact) mass is 506 g/mol. The molecule has 3 rings (SSSR count). The van der Waals surface area contributed by atoms with Crippen LogP contribution in [0.1, 0.15) is 30.0 Å². The van der Waals surface area contributed by atoms with Crippen LogP contribution in [0.3, 0.4) is 0 Å². The van der Waals surface area contributed by atoms with Crippen LogP contribution in [0.4, 0.5) is 9.18 Å². The largest absolute Gasteiger partial charge is 0.394 e. The molecule has 35 heavy (non-hydrogen) atoms. The number of urea groups is 1. The Morgan fingerprint density at radius 2 is 2.03 bits per heavy atom. The Labute approximate surface area is 207 Å². The highest BCUT2D eigenvalue weighted by molar-refractivity contribution is 6.31. The van der Waals surface area contributed by atoms with Crippen molar-refractivity contribution in [3.05, 3.63) is 76.2 Å². The summed E-state index contributed by atoms with van der Waals surface area (Å²) in [6.07, 6.45) is 2.27. The van der Waals surface area contributed by atoms with Crippen LogP contribution in [0.15, 0.2) is 48.7 Å². The van der Waals surface area contributed by atoms with E-state index < -0.39 is 36.5 Å². The number of aliphatic hydroxyl groups excluding tert-OH is 2. The maximum absolute atomic E-state index is 13.7. The van der Waals surface area contributed by atoms with Crippen molar-refractivity contribution in [1.29, 1.82) is 0 Å². The van der Waals surface area contributed by atoms with E-state index >= 15 is 0 Å². The molecular formula is C24H28ClFN4O5. The second kappa shape index (κ2) is 12.6. The van der Waals surface area contributed by atoms with Crippen molar-refractivity contribution in [2.45, 2.75) is 38.6 Å². The lowest BCUT2D eigenvalue weighted by molar-refractivity contribution is -0.139. The van der Waals surface area contributed by atoms with Crippen LogP contribution in [0.5, 0.6) is 0 Å². The van der Waals surface area contributed by atoms with Crippen LogP contribution in [0.2, 0.25) is 5.02 Å². The van der Waals surface area contributed by atoms with E-state index in [0.29, 0.717) is 12.1 Å². The second-order valence-electron chi connectivity index (χ2n) is 8.02. The predicted molar refractivity (Wildman–Crippen MR) is 128 cm³/mol. The lowest BCUT2D eigenvalue weighted by Gasteiger charge is -2.32. The minimum absolute atomic E-state index is 0.0201. The number of hydroxylamine groups is 1. The summed E-state index contributed by atoms with van der Waals surface area (Å²) in [6, 6.07) is 10.7. The van der Waals surface area contributed by atoms with E-state index in [0.717, 1.165) is 11.1 Å². The average molecular weight is 507 g/mol. The van der Waals surface area contributed by atoms with E-state index in [1.165, 1.54) is 29.0 Å². The van der Waals surface area contributed by atoms with Gasteiger partial charge in [-0.15, -0.1) is 0 Å². The van der Waals surface area contributed by atoms with Gasteiger partial charge < -0.3 is 10.2 Å². The quantitative estimate of drug-likeness (QED) is 0.368. The van der Waals surface area contributed by atoms with Crippen molar-refractivity contribution in [2.75, 3.05) is 13.2 Å². The fourth-order valence-corrected chi connectivity index (χ4v) is 3.83. The van der Waals surface area contributed by atoms with Crippen molar-refractivity contribution in [3.8, 4) is 0 Å². The number of halogens is 2. The fourth-order valence-electron chi connectivity index (χ4n) is 3.63. The zero-order valence-electron chi connectivity index (χ0n) is 19.2. The molecule has 0 bridgehead atoms. The zero-order chi connectivity index (χ0) is 25.4. The van der Waals surface area contributed by atoms with Gasteiger partial charge in [0.1, 0.15) is 5.82 Å². The lowest BCUT2D eigenvalue weighted by atomic mass is 10.0. The molecule has 188 valence electrons. The number of rotatable bonds is 10. The van der Waals surface area contributed by atoms with Crippen LogP contribution in [-0.4, -0.2) is 57.4 Å². The first-order chi connectivity index (χ1) is 16.8. The van der Waals surface area contributed by atoms with Crippen LogP contribution in [0, 0.1) is 5.82 Å². The molecule has 2 aromatic carbocycles. The molecule has 11 heteroatoms. The first-order valence-electron chi connectivity index (χ1n) is 11.0. The molecule has 0 spiro atoms. The second-order valence-corrected chi connectivity index (χ2v) is 8.40. The van der Waals surface area contributed by atoms with Gasteiger partial charge >= 0.3 is 6.03 Å². The van der Waals surface area contributed by atoms with Crippen LogP contribution >= 0.6 is 11.6 Å². The zero-order valence-corrected chi connectivity index (χ0v) is 19.9. The molecule has 0 fully saturated rings. The number of hydrogen-bond acceptors (Lipinski definition) is 6. The van der Waals surface area contributed by atoms with Gasteiger partial charge in [0.15, 0.2) is 0 Å². The number of aliphatic hydroxyl groups is 2. The summed E-state index contributed by atoms with van der Waals surface area (Å²) in [5.74, 6) is -1.01. The van der Waals surface area contributed by atoms with Gasteiger partial charge in [0.25, 0.3) is 0 Å². The van der Waals surface area contributed by atoms with E-state index in [1.807, 2.05) is 30.3 Å². The van der Waals surface area contributed by atoms with Gasteiger partial charge in [-0.05, 0) is 35.3 Å². The van der Waals surface area contributed by atoms with Crippen molar-refractivity contribution < 1.29 is 29.0 Å². The molecule has 3 amide bonds. The van der Waals surface area contributed by atoms with Crippen molar-refractivity contribution in [3.63, 3.8) is 0 Å². The number of hydrogen-bond donors (Lipinski definition) is 4. The maximum atomic E-state index is 13.7. The van der Waals surface area contributed by atoms with Crippen molar-refractivity contribution in [2.24, 2.45) is 0 Å². The molecule has 0 aliphatic carbocycles. The number of hydrazine groups is 1. The Bertz CT molecular complexity index is 1070. The van der Waals surface area contributed by atoms with Gasteiger partial charge in [-0.2, -0.15) is 0 Å².